The molecule has 2 aromatic rings. The minimum atomic E-state index is -4.52. The highest BCUT2D eigenvalue weighted by molar-refractivity contribution is 8.15. The van der Waals surface area contributed by atoms with Gasteiger partial charge in [-0.25, -0.2) is 0 Å². The maximum absolute atomic E-state index is 12.8. The maximum Gasteiger partial charge on any atom is 0.416 e. The van der Waals surface area contributed by atoms with E-state index in [2.05, 4.69) is 20.8 Å². The zero-order valence-corrected chi connectivity index (χ0v) is 16.0. The van der Waals surface area contributed by atoms with Crippen LogP contribution < -0.4 is 10.6 Å². The molecule has 1 heterocycles. The van der Waals surface area contributed by atoms with Crippen molar-refractivity contribution in [1.82, 2.24) is 5.32 Å². The predicted molar refractivity (Wildman–Crippen MR) is 107 cm³/mol. The summed E-state index contributed by atoms with van der Waals surface area (Å²) in [5.41, 5.74) is -0.461. The normalized spacial score (nSPS) is 18.0. The Morgan fingerprint density at radius 1 is 1.23 bits per heavy atom. The zero-order chi connectivity index (χ0) is 21.7. The molecule has 0 aromatic heterocycles. The second-order valence-electron chi connectivity index (χ2n) is 6.14. The second kappa shape index (κ2) is 8.99. The van der Waals surface area contributed by atoms with E-state index in [0.717, 1.165) is 23.9 Å². The minimum absolute atomic E-state index is 0.0145. The highest BCUT2D eigenvalue weighted by Crippen LogP contribution is 2.31. The molecule has 156 valence electrons. The van der Waals surface area contributed by atoms with Crippen molar-refractivity contribution in [1.29, 1.82) is 0 Å². The van der Waals surface area contributed by atoms with E-state index in [1.165, 1.54) is 24.4 Å². The predicted octanol–water partition coefficient (Wildman–Crippen LogP) is 3.36. The monoisotopic (exact) mass is 436 g/mol. The number of hydrogen-bond acceptors (Lipinski definition) is 6. The van der Waals surface area contributed by atoms with E-state index in [4.69, 9.17) is 0 Å². The fourth-order valence-electron chi connectivity index (χ4n) is 2.48. The van der Waals surface area contributed by atoms with E-state index in [-0.39, 0.29) is 23.0 Å². The molecule has 1 aliphatic heterocycles. The Morgan fingerprint density at radius 2 is 2.00 bits per heavy atom. The SMILES string of the molecule is O=C(CC1SC(=NN=Cc2ccccc2O)NC1=O)Nc1cccc(C(F)(F)F)c1. The molecular weight excluding hydrogens is 421 g/mol. The standard InChI is InChI=1S/C19H15F3N4O3S/c20-19(21,22)12-5-3-6-13(8-12)24-16(28)9-15-17(29)25-18(30-15)26-23-10-11-4-1-2-7-14(11)27/h1-8,10,15,27H,9H2,(H,24,28)(H,25,26,29). The molecule has 0 aliphatic carbocycles. The van der Waals surface area contributed by atoms with Crippen molar-refractivity contribution in [3.8, 4) is 5.75 Å². The molecule has 3 N–H and O–H groups in total. The Balaban J connectivity index is 1.58. The lowest BCUT2D eigenvalue weighted by Crippen LogP contribution is -2.28. The van der Waals surface area contributed by atoms with Crippen LogP contribution in [0.1, 0.15) is 17.5 Å². The quantitative estimate of drug-likeness (QED) is 0.494. The van der Waals surface area contributed by atoms with Gasteiger partial charge in [0, 0.05) is 17.7 Å². The van der Waals surface area contributed by atoms with Crippen molar-refractivity contribution in [2.24, 2.45) is 10.2 Å². The Kier molecular flexibility index (Phi) is 6.40. The minimum Gasteiger partial charge on any atom is -0.507 e. The van der Waals surface area contributed by atoms with Gasteiger partial charge in [0.15, 0.2) is 5.17 Å². The fourth-order valence-corrected chi connectivity index (χ4v) is 3.40. The number of rotatable bonds is 5. The molecule has 1 unspecified atom stereocenters. The van der Waals surface area contributed by atoms with Gasteiger partial charge in [0.05, 0.1) is 11.8 Å². The molecule has 0 saturated carbocycles. The number of phenolic OH excluding ortho intramolecular Hbond substituents is 1. The summed E-state index contributed by atoms with van der Waals surface area (Å²) in [6, 6.07) is 10.7. The Bertz CT molecular complexity index is 1020. The van der Waals surface area contributed by atoms with Crippen LogP contribution in [0, 0.1) is 0 Å². The third-order valence-electron chi connectivity index (χ3n) is 3.90. The molecular formula is C19H15F3N4O3S. The Hall–Kier alpha value is -3.34. The van der Waals surface area contributed by atoms with Gasteiger partial charge in [-0.2, -0.15) is 18.3 Å². The number of halogens is 3. The van der Waals surface area contributed by atoms with E-state index in [1.807, 2.05) is 0 Å². The van der Waals surface area contributed by atoms with Crippen LogP contribution in [0.15, 0.2) is 58.7 Å². The number of carbonyl (C=O) groups is 2. The number of phenols is 1. The highest BCUT2D eigenvalue weighted by Gasteiger charge is 2.33. The number of para-hydroxylation sites is 1. The van der Waals surface area contributed by atoms with Crippen LogP contribution in [0.2, 0.25) is 0 Å². The molecule has 2 aromatic carbocycles. The smallest absolute Gasteiger partial charge is 0.416 e. The van der Waals surface area contributed by atoms with Crippen molar-refractivity contribution in [2.45, 2.75) is 17.8 Å². The summed E-state index contributed by atoms with van der Waals surface area (Å²) in [6.45, 7) is 0. The molecule has 1 fully saturated rings. The van der Waals surface area contributed by atoms with E-state index >= 15 is 0 Å². The summed E-state index contributed by atoms with van der Waals surface area (Å²) in [7, 11) is 0. The van der Waals surface area contributed by atoms with E-state index in [9.17, 15) is 27.9 Å². The van der Waals surface area contributed by atoms with E-state index in [0.29, 0.717) is 5.56 Å². The van der Waals surface area contributed by atoms with Gasteiger partial charge >= 0.3 is 6.18 Å². The largest absolute Gasteiger partial charge is 0.507 e. The lowest BCUT2D eigenvalue weighted by Gasteiger charge is -2.10. The molecule has 11 heteroatoms. The van der Waals surface area contributed by atoms with Gasteiger partial charge in [-0.1, -0.05) is 30.0 Å². The first-order valence-electron chi connectivity index (χ1n) is 8.56. The number of nitrogens with one attached hydrogen (secondary N) is 2. The van der Waals surface area contributed by atoms with Gasteiger partial charge in [-0.15, -0.1) is 5.10 Å². The van der Waals surface area contributed by atoms with Crippen LogP contribution in [-0.4, -0.2) is 33.6 Å². The third kappa shape index (κ3) is 5.60. The number of hydrogen-bond donors (Lipinski definition) is 3. The van der Waals surface area contributed by atoms with Crippen molar-refractivity contribution in [2.75, 3.05) is 5.32 Å². The lowest BCUT2D eigenvalue weighted by atomic mass is 10.2. The molecule has 3 rings (SSSR count). The van der Waals surface area contributed by atoms with Gasteiger partial charge in [0.25, 0.3) is 0 Å². The molecule has 0 spiro atoms. The van der Waals surface area contributed by atoms with Crippen LogP contribution in [0.4, 0.5) is 18.9 Å². The number of thioether (sulfide) groups is 1. The van der Waals surface area contributed by atoms with Gasteiger partial charge in [0.2, 0.25) is 11.8 Å². The van der Waals surface area contributed by atoms with Crippen molar-refractivity contribution >= 4 is 40.6 Å². The summed E-state index contributed by atoms with van der Waals surface area (Å²) in [4.78, 5) is 24.1. The number of aromatic hydroxyl groups is 1. The number of carbonyl (C=O) groups excluding carboxylic acids is 2. The first kappa shape index (κ1) is 21.4. The number of anilines is 1. The molecule has 7 nitrogen and oxygen atoms in total. The summed E-state index contributed by atoms with van der Waals surface area (Å²) < 4.78 is 38.3. The highest BCUT2D eigenvalue weighted by atomic mass is 32.2. The number of amidine groups is 1. The molecule has 1 aliphatic rings. The van der Waals surface area contributed by atoms with Crippen molar-refractivity contribution < 1.29 is 27.9 Å². The number of amides is 2. The Labute approximate surface area is 173 Å². The van der Waals surface area contributed by atoms with Crippen molar-refractivity contribution in [3.05, 3.63) is 59.7 Å². The summed E-state index contributed by atoms with van der Waals surface area (Å²) in [5, 5.41) is 21.5. The van der Waals surface area contributed by atoms with Gasteiger partial charge in [-0.05, 0) is 30.3 Å². The first-order valence-corrected chi connectivity index (χ1v) is 9.44. The van der Waals surface area contributed by atoms with Gasteiger partial charge in [-0.3, -0.25) is 9.59 Å². The topological polar surface area (TPSA) is 103 Å². The van der Waals surface area contributed by atoms with E-state index < -0.39 is 28.8 Å². The molecule has 30 heavy (non-hydrogen) atoms. The van der Waals surface area contributed by atoms with Crippen LogP contribution in [0.25, 0.3) is 0 Å². The average Bonchev–Trinajstić information content (AvgIpc) is 3.02. The number of benzene rings is 2. The fraction of sp³-hybridized carbons (Fsp3) is 0.158. The van der Waals surface area contributed by atoms with Crippen LogP contribution >= 0.6 is 11.8 Å². The molecule has 0 bridgehead atoms. The second-order valence-corrected chi connectivity index (χ2v) is 7.33. The van der Waals surface area contributed by atoms with Crippen LogP contribution in [-0.2, 0) is 15.8 Å². The Morgan fingerprint density at radius 3 is 2.73 bits per heavy atom. The molecule has 2 amide bonds. The van der Waals surface area contributed by atoms with Gasteiger partial charge in [0.1, 0.15) is 11.0 Å². The average molecular weight is 436 g/mol. The molecule has 1 saturated heterocycles. The van der Waals surface area contributed by atoms with Crippen LogP contribution in [0.3, 0.4) is 0 Å². The zero-order valence-electron chi connectivity index (χ0n) is 15.2. The summed E-state index contributed by atoms with van der Waals surface area (Å²) >= 11 is 0.977. The van der Waals surface area contributed by atoms with Gasteiger partial charge < -0.3 is 15.7 Å². The summed E-state index contributed by atoms with van der Waals surface area (Å²) in [5.74, 6) is -1.05. The van der Waals surface area contributed by atoms with Crippen LogP contribution in [0.5, 0.6) is 5.75 Å². The van der Waals surface area contributed by atoms with Crippen molar-refractivity contribution in [3.63, 3.8) is 0 Å². The first-order chi connectivity index (χ1) is 14.2. The maximum atomic E-state index is 12.8. The summed E-state index contributed by atoms with van der Waals surface area (Å²) in [6.07, 6.45) is -3.47. The molecule has 1 atom stereocenters. The van der Waals surface area contributed by atoms with E-state index in [1.54, 1.807) is 18.2 Å². The number of nitrogens with zero attached hydrogens (tertiary/aromatic N) is 2. The third-order valence-corrected chi connectivity index (χ3v) is 4.98. The lowest BCUT2D eigenvalue weighted by molar-refractivity contribution is -0.137. The molecule has 0 radical (unpaired) electrons. The number of alkyl halides is 3.